The third-order valence-electron chi connectivity index (χ3n) is 3.71. The Hall–Kier alpha value is -1.84. The lowest BCUT2D eigenvalue weighted by Crippen LogP contribution is -2.36. The van der Waals surface area contributed by atoms with Crippen LogP contribution in [0.1, 0.15) is 25.8 Å². The van der Waals surface area contributed by atoms with Crippen LogP contribution in [-0.2, 0) is 16.0 Å². The van der Waals surface area contributed by atoms with E-state index >= 15 is 0 Å². The van der Waals surface area contributed by atoms with Crippen molar-refractivity contribution < 1.29 is 9.59 Å². The number of amides is 2. The Balaban J connectivity index is 1.77. The van der Waals surface area contributed by atoms with Gasteiger partial charge >= 0.3 is 0 Å². The minimum Gasteiger partial charge on any atom is -0.355 e. The SMILES string of the molecule is CC(C)N1C[C@@H](C(=O)NCCc2ccccc2)CC1=O. The number of nitrogens with one attached hydrogen (secondary N) is 1. The number of hydrogen-bond donors (Lipinski definition) is 1. The van der Waals surface area contributed by atoms with Crippen LogP contribution in [0.15, 0.2) is 30.3 Å². The lowest BCUT2D eigenvalue weighted by atomic mass is 10.1. The van der Waals surface area contributed by atoms with Gasteiger partial charge in [0, 0.05) is 25.6 Å². The standard InChI is InChI=1S/C16H22N2O2/c1-12(2)18-11-14(10-15(18)19)16(20)17-9-8-13-6-4-3-5-7-13/h3-7,12,14H,8-11H2,1-2H3,(H,17,20)/t14-/m0/s1. The second-order valence-corrected chi connectivity index (χ2v) is 5.57. The maximum Gasteiger partial charge on any atom is 0.225 e. The van der Waals surface area contributed by atoms with Crippen molar-refractivity contribution in [3.05, 3.63) is 35.9 Å². The molecule has 0 aliphatic carbocycles. The van der Waals surface area contributed by atoms with E-state index in [-0.39, 0.29) is 23.8 Å². The number of likely N-dealkylation sites (tertiary alicyclic amines) is 1. The zero-order valence-electron chi connectivity index (χ0n) is 12.1. The Morgan fingerprint density at radius 3 is 2.65 bits per heavy atom. The van der Waals surface area contributed by atoms with Crippen molar-refractivity contribution in [2.24, 2.45) is 5.92 Å². The number of benzene rings is 1. The molecule has 2 amide bonds. The lowest BCUT2D eigenvalue weighted by molar-refractivity contribution is -0.129. The average Bonchev–Trinajstić information content (AvgIpc) is 2.82. The zero-order chi connectivity index (χ0) is 14.5. The van der Waals surface area contributed by atoms with Crippen molar-refractivity contribution in [3.63, 3.8) is 0 Å². The van der Waals surface area contributed by atoms with Crippen molar-refractivity contribution in [1.82, 2.24) is 10.2 Å². The Morgan fingerprint density at radius 2 is 2.05 bits per heavy atom. The summed E-state index contributed by atoms with van der Waals surface area (Å²) in [5.41, 5.74) is 1.21. The Morgan fingerprint density at radius 1 is 1.35 bits per heavy atom. The molecule has 0 bridgehead atoms. The maximum atomic E-state index is 12.1. The Bertz CT molecular complexity index is 471. The highest BCUT2D eigenvalue weighted by atomic mass is 16.2. The summed E-state index contributed by atoms with van der Waals surface area (Å²) >= 11 is 0. The number of carbonyl (C=O) groups excluding carboxylic acids is 2. The van der Waals surface area contributed by atoms with E-state index in [0.717, 1.165) is 6.42 Å². The van der Waals surface area contributed by atoms with Crippen LogP contribution in [0.4, 0.5) is 0 Å². The largest absolute Gasteiger partial charge is 0.355 e. The van der Waals surface area contributed by atoms with E-state index in [2.05, 4.69) is 5.32 Å². The Labute approximate surface area is 120 Å². The summed E-state index contributed by atoms with van der Waals surface area (Å²) in [5, 5.41) is 2.94. The van der Waals surface area contributed by atoms with Gasteiger partial charge in [0.15, 0.2) is 0 Å². The average molecular weight is 274 g/mol. The molecule has 108 valence electrons. The predicted octanol–water partition coefficient (Wildman–Crippen LogP) is 1.60. The molecule has 1 saturated heterocycles. The van der Waals surface area contributed by atoms with E-state index in [9.17, 15) is 9.59 Å². The van der Waals surface area contributed by atoms with Crippen LogP contribution in [0, 0.1) is 5.92 Å². The summed E-state index contributed by atoms with van der Waals surface area (Å²) < 4.78 is 0. The van der Waals surface area contributed by atoms with Crippen LogP contribution in [0.2, 0.25) is 0 Å². The fourth-order valence-electron chi connectivity index (χ4n) is 2.53. The minimum absolute atomic E-state index is 0.00238. The fourth-order valence-corrected chi connectivity index (χ4v) is 2.53. The molecule has 0 saturated carbocycles. The van der Waals surface area contributed by atoms with Gasteiger partial charge in [-0.2, -0.15) is 0 Å². The van der Waals surface area contributed by atoms with Crippen LogP contribution in [0.5, 0.6) is 0 Å². The van der Waals surface area contributed by atoms with Crippen molar-refractivity contribution in [1.29, 1.82) is 0 Å². The van der Waals surface area contributed by atoms with Gasteiger partial charge in [0.25, 0.3) is 0 Å². The van der Waals surface area contributed by atoms with E-state index in [1.165, 1.54) is 5.56 Å². The first kappa shape index (κ1) is 14.6. The van der Waals surface area contributed by atoms with Crippen molar-refractivity contribution in [2.75, 3.05) is 13.1 Å². The third kappa shape index (κ3) is 3.59. The normalized spacial score (nSPS) is 18.6. The summed E-state index contributed by atoms with van der Waals surface area (Å²) in [6.45, 7) is 5.13. The second kappa shape index (κ2) is 6.55. The quantitative estimate of drug-likeness (QED) is 0.886. The molecule has 1 N–H and O–H groups in total. The molecular formula is C16H22N2O2. The van der Waals surface area contributed by atoms with Gasteiger partial charge in [0.05, 0.1) is 5.92 Å². The van der Waals surface area contributed by atoms with Gasteiger partial charge in [0.2, 0.25) is 11.8 Å². The van der Waals surface area contributed by atoms with Crippen LogP contribution in [-0.4, -0.2) is 35.8 Å². The lowest BCUT2D eigenvalue weighted by Gasteiger charge is -2.20. The van der Waals surface area contributed by atoms with E-state index in [1.807, 2.05) is 44.2 Å². The minimum atomic E-state index is -0.194. The van der Waals surface area contributed by atoms with Crippen molar-refractivity contribution in [2.45, 2.75) is 32.7 Å². The highest BCUT2D eigenvalue weighted by Crippen LogP contribution is 2.20. The third-order valence-corrected chi connectivity index (χ3v) is 3.71. The zero-order valence-corrected chi connectivity index (χ0v) is 12.1. The molecule has 0 unspecified atom stereocenters. The number of rotatable bonds is 5. The monoisotopic (exact) mass is 274 g/mol. The molecule has 1 aromatic rings. The maximum absolute atomic E-state index is 12.1. The summed E-state index contributed by atoms with van der Waals surface area (Å²) in [6.07, 6.45) is 1.16. The number of nitrogens with zero attached hydrogens (tertiary/aromatic N) is 1. The molecule has 1 fully saturated rings. The molecule has 0 radical (unpaired) electrons. The number of hydrogen-bond acceptors (Lipinski definition) is 2. The predicted molar refractivity (Wildman–Crippen MR) is 78.1 cm³/mol. The first-order valence-corrected chi connectivity index (χ1v) is 7.19. The van der Waals surface area contributed by atoms with E-state index < -0.39 is 0 Å². The number of carbonyl (C=O) groups is 2. The molecule has 2 rings (SSSR count). The van der Waals surface area contributed by atoms with Crippen molar-refractivity contribution >= 4 is 11.8 Å². The van der Waals surface area contributed by atoms with Gasteiger partial charge in [-0.3, -0.25) is 9.59 Å². The van der Waals surface area contributed by atoms with E-state index in [0.29, 0.717) is 19.5 Å². The fraction of sp³-hybridized carbons (Fsp3) is 0.500. The summed E-state index contributed by atoms with van der Waals surface area (Å²) in [6, 6.07) is 10.2. The highest BCUT2D eigenvalue weighted by Gasteiger charge is 2.35. The van der Waals surface area contributed by atoms with Crippen molar-refractivity contribution in [3.8, 4) is 0 Å². The summed E-state index contributed by atoms with van der Waals surface area (Å²) in [4.78, 5) is 25.6. The first-order valence-electron chi connectivity index (χ1n) is 7.19. The smallest absolute Gasteiger partial charge is 0.225 e. The van der Waals surface area contributed by atoms with Gasteiger partial charge < -0.3 is 10.2 Å². The van der Waals surface area contributed by atoms with Gasteiger partial charge in [0.1, 0.15) is 0 Å². The highest BCUT2D eigenvalue weighted by molar-refractivity contribution is 5.89. The molecule has 4 heteroatoms. The molecule has 0 aromatic heterocycles. The van der Waals surface area contributed by atoms with Crippen LogP contribution >= 0.6 is 0 Å². The second-order valence-electron chi connectivity index (χ2n) is 5.57. The van der Waals surface area contributed by atoms with Crippen LogP contribution < -0.4 is 5.32 Å². The first-order chi connectivity index (χ1) is 9.58. The van der Waals surface area contributed by atoms with Gasteiger partial charge in [-0.15, -0.1) is 0 Å². The molecule has 4 nitrogen and oxygen atoms in total. The summed E-state index contributed by atoms with van der Waals surface area (Å²) in [5.74, 6) is -0.110. The van der Waals surface area contributed by atoms with Gasteiger partial charge in [-0.25, -0.2) is 0 Å². The molecule has 1 heterocycles. The molecule has 1 aromatic carbocycles. The molecular weight excluding hydrogens is 252 g/mol. The molecule has 0 spiro atoms. The molecule has 1 aliphatic rings. The molecule has 1 atom stereocenters. The van der Waals surface area contributed by atoms with E-state index in [1.54, 1.807) is 4.90 Å². The van der Waals surface area contributed by atoms with E-state index in [4.69, 9.17) is 0 Å². The van der Waals surface area contributed by atoms with Gasteiger partial charge in [-0.1, -0.05) is 30.3 Å². The van der Waals surface area contributed by atoms with Crippen LogP contribution in [0.3, 0.4) is 0 Å². The van der Waals surface area contributed by atoms with Gasteiger partial charge in [-0.05, 0) is 25.8 Å². The Kier molecular flexibility index (Phi) is 4.77. The molecule has 1 aliphatic heterocycles. The topological polar surface area (TPSA) is 49.4 Å². The van der Waals surface area contributed by atoms with Crippen LogP contribution in [0.25, 0.3) is 0 Å². The molecule has 20 heavy (non-hydrogen) atoms. The summed E-state index contributed by atoms with van der Waals surface area (Å²) in [7, 11) is 0.